The zero-order valence-corrected chi connectivity index (χ0v) is 9.37. The van der Waals surface area contributed by atoms with Crippen LogP contribution in [-0.4, -0.2) is 27.9 Å². The Kier molecular flexibility index (Phi) is 2.60. The number of rotatable bonds is 2. The van der Waals surface area contributed by atoms with Crippen molar-refractivity contribution >= 4 is 17.3 Å². The summed E-state index contributed by atoms with van der Waals surface area (Å²) in [7, 11) is 0. The highest BCUT2D eigenvalue weighted by atomic mass is 16.5. The third kappa shape index (κ3) is 1.72. The van der Waals surface area contributed by atoms with Crippen LogP contribution in [0.15, 0.2) is 18.2 Å². The highest BCUT2D eigenvalue weighted by Crippen LogP contribution is 2.25. The molecule has 2 heterocycles. The molecule has 1 saturated heterocycles. The van der Waals surface area contributed by atoms with Gasteiger partial charge in [-0.1, -0.05) is 11.3 Å². The van der Waals surface area contributed by atoms with Gasteiger partial charge < -0.3 is 4.74 Å². The third-order valence-corrected chi connectivity index (χ3v) is 3.09. The average molecular weight is 231 g/mol. The van der Waals surface area contributed by atoms with Crippen molar-refractivity contribution < 1.29 is 9.53 Å². The van der Waals surface area contributed by atoms with Crippen LogP contribution in [0.2, 0.25) is 0 Å². The monoisotopic (exact) mass is 231 g/mol. The van der Waals surface area contributed by atoms with Crippen LogP contribution < -0.4 is 0 Å². The number of aromatic nitrogens is 3. The molecule has 5 nitrogen and oxygen atoms in total. The van der Waals surface area contributed by atoms with Crippen LogP contribution in [-0.2, 0) is 4.74 Å². The lowest BCUT2D eigenvalue weighted by Crippen LogP contribution is -2.19. The van der Waals surface area contributed by atoms with E-state index in [0.29, 0.717) is 11.1 Å². The summed E-state index contributed by atoms with van der Waals surface area (Å²) in [6, 6.07) is 5.51. The van der Waals surface area contributed by atoms with E-state index >= 15 is 0 Å². The van der Waals surface area contributed by atoms with Crippen molar-refractivity contribution in [3.05, 3.63) is 23.8 Å². The summed E-state index contributed by atoms with van der Waals surface area (Å²) >= 11 is 0. The predicted octanol–water partition coefficient (Wildman–Crippen LogP) is 1.94. The van der Waals surface area contributed by atoms with E-state index in [0.717, 1.165) is 37.7 Å². The second-order valence-electron chi connectivity index (χ2n) is 4.19. The molecular formula is C12H13N3O2. The standard InChI is InChI=1S/C12H13N3O2/c16-8-9-4-3-5-10-12(9)13-14-15(10)11-6-1-2-7-17-11/h3-5,8,11H,1-2,6-7H2. The summed E-state index contributed by atoms with van der Waals surface area (Å²) in [5.74, 6) is 0. The quantitative estimate of drug-likeness (QED) is 0.741. The van der Waals surface area contributed by atoms with Gasteiger partial charge in [-0.3, -0.25) is 4.79 Å². The number of carbonyl (C=O) groups is 1. The second kappa shape index (κ2) is 4.25. The van der Waals surface area contributed by atoms with Gasteiger partial charge in [-0.15, -0.1) is 5.10 Å². The largest absolute Gasteiger partial charge is 0.356 e. The molecule has 1 aromatic carbocycles. The minimum absolute atomic E-state index is 0.0457. The van der Waals surface area contributed by atoms with Gasteiger partial charge in [0.25, 0.3) is 0 Å². The number of nitrogens with zero attached hydrogens (tertiary/aromatic N) is 3. The van der Waals surface area contributed by atoms with Crippen LogP contribution in [0, 0.1) is 0 Å². The minimum atomic E-state index is -0.0457. The van der Waals surface area contributed by atoms with E-state index in [4.69, 9.17) is 4.74 Å². The molecule has 1 atom stereocenters. The molecule has 1 aromatic heterocycles. The van der Waals surface area contributed by atoms with Crippen molar-refractivity contribution in [3.63, 3.8) is 0 Å². The molecule has 1 aliphatic rings. The molecule has 17 heavy (non-hydrogen) atoms. The lowest BCUT2D eigenvalue weighted by atomic mass is 10.1. The maximum Gasteiger partial charge on any atom is 0.152 e. The molecule has 1 aliphatic heterocycles. The molecule has 0 N–H and O–H groups in total. The Morgan fingerprint density at radius 1 is 1.41 bits per heavy atom. The first-order chi connectivity index (χ1) is 8.40. The van der Waals surface area contributed by atoms with Crippen LogP contribution >= 0.6 is 0 Å². The molecule has 0 spiro atoms. The maximum atomic E-state index is 10.9. The molecule has 0 radical (unpaired) electrons. The van der Waals surface area contributed by atoms with E-state index in [1.54, 1.807) is 10.7 Å². The molecule has 0 bridgehead atoms. The van der Waals surface area contributed by atoms with Gasteiger partial charge >= 0.3 is 0 Å². The number of aldehydes is 1. The summed E-state index contributed by atoms with van der Waals surface area (Å²) in [6.07, 6.45) is 3.95. The van der Waals surface area contributed by atoms with Gasteiger partial charge in [0, 0.05) is 12.2 Å². The number of hydrogen-bond donors (Lipinski definition) is 0. The SMILES string of the molecule is O=Cc1cccc2c1nnn2C1CCCCO1. The highest BCUT2D eigenvalue weighted by molar-refractivity contribution is 5.93. The van der Waals surface area contributed by atoms with Gasteiger partial charge in [0.05, 0.1) is 5.52 Å². The summed E-state index contributed by atoms with van der Waals surface area (Å²) in [5, 5.41) is 8.18. The number of fused-ring (bicyclic) bond motifs is 1. The fraction of sp³-hybridized carbons (Fsp3) is 0.417. The normalized spacial score (nSPS) is 20.6. The number of hydrogen-bond acceptors (Lipinski definition) is 4. The molecule has 1 fully saturated rings. The van der Waals surface area contributed by atoms with Crippen LogP contribution in [0.3, 0.4) is 0 Å². The third-order valence-electron chi connectivity index (χ3n) is 3.09. The zero-order valence-electron chi connectivity index (χ0n) is 9.37. The molecule has 0 aliphatic carbocycles. The maximum absolute atomic E-state index is 10.9. The lowest BCUT2D eigenvalue weighted by Gasteiger charge is -2.22. The van der Waals surface area contributed by atoms with E-state index in [9.17, 15) is 4.79 Å². The van der Waals surface area contributed by atoms with E-state index in [-0.39, 0.29) is 6.23 Å². The Labute approximate surface area is 98.4 Å². The lowest BCUT2D eigenvalue weighted by molar-refractivity contribution is -0.0377. The number of ether oxygens (including phenoxy) is 1. The van der Waals surface area contributed by atoms with Crippen LogP contribution in [0.25, 0.3) is 11.0 Å². The van der Waals surface area contributed by atoms with E-state index in [1.807, 2.05) is 12.1 Å². The number of benzene rings is 1. The molecule has 88 valence electrons. The van der Waals surface area contributed by atoms with Crippen molar-refractivity contribution in [2.24, 2.45) is 0 Å². The van der Waals surface area contributed by atoms with Crippen molar-refractivity contribution in [3.8, 4) is 0 Å². The van der Waals surface area contributed by atoms with E-state index < -0.39 is 0 Å². The Bertz CT molecular complexity index is 544. The Morgan fingerprint density at radius 2 is 2.35 bits per heavy atom. The van der Waals surface area contributed by atoms with Crippen LogP contribution in [0.1, 0.15) is 35.8 Å². The van der Waals surface area contributed by atoms with Crippen molar-refractivity contribution in [2.45, 2.75) is 25.5 Å². The molecule has 1 unspecified atom stereocenters. The predicted molar refractivity (Wildman–Crippen MR) is 61.8 cm³/mol. The topological polar surface area (TPSA) is 57.0 Å². The highest BCUT2D eigenvalue weighted by Gasteiger charge is 2.19. The van der Waals surface area contributed by atoms with E-state index in [1.165, 1.54) is 0 Å². The van der Waals surface area contributed by atoms with Crippen molar-refractivity contribution in [1.29, 1.82) is 0 Å². The van der Waals surface area contributed by atoms with Gasteiger partial charge in [0.15, 0.2) is 12.5 Å². The minimum Gasteiger partial charge on any atom is -0.356 e. The van der Waals surface area contributed by atoms with Crippen LogP contribution in [0.4, 0.5) is 0 Å². The van der Waals surface area contributed by atoms with Crippen LogP contribution in [0.5, 0.6) is 0 Å². The van der Waals surface area contributed by atoms with E-state index in [2.05, 4.69) is 10.3 Å². The Morgan fingerprint density at radius 3 is 3.12 bits per heavy atom. The second-order valence-corrected chi connectivity index (χ2v) is 4.19. The first kappa shape index (κ1) is 10.4. The smallest absolute Gasteiger partial charge is 0.152 e. The fourth-order valence-corrected chi connectivity index (χ4v) is 2.21. The van der Waals surface area contributed by atoms with Gasteiger partial charge in [-0.2, -0.15) is 0 Å². The summed E-state index contributed by atoms with van der Waals surface area (Å²) < 4.78 is 7.46. The summed E-state index contributed by atoms with van der Waals surface area (Å²) in [4.78, 5) is 10.9. The van der Waals surface area contributed by atoms with Gasteiger partial charge in [0.1, 0.15) is 5.52 Å². The molecule has 5 heteroatoms. The van der Waals surface area contributed by atoms with Gasteiger partial charge in [-0.05, 0) is 31.4 Å². The zero-order chi connectivity index (χ0) is 11.7. The Balaban J connectivity index is 2.08. The summed E-state index contributed by atoms with van der Waals surface area (Å²) in [6.45, 7) is 0.763. The molecule has 0 saturated carbocycles. The Hall–Kier alpha value is -1.75. The molecule has 2 aromatic rings. The van der Waals surface area contributed by atoms with Gasteiger partial charge in [-0.25, -0.2) is 4.68 Å². The average Bonchev–Trinajstić information content (AvgIpc) is 2.83. The number of carbonyl (C=O) groups excluding carboxylic acids is 1. The van der Waals surface area contributed by atoms with Crippen molar-refractivity contribution in [2.75, 3.05) is 6.61 Å². The first-order valence-electron chi connectivity index (χ1n) is 5.81. The van der Waals surface area contributed by atoms with Gasteiger partial charge in [0.2, 0.25) is 0 Å². The summed E-state index contributed by atoms with van der Waals surface area (Å²) in [5.41, 5.74) is 2.09. The fourth-order valence-electron chi connectivity index (χ4n) is 2.21. The molecule has 0 amide bonds. The van der Waals surface area contributed by atoms with Crippen molar-refractivity contribution in [1.82, 2.24) is 15.0 Å². The molecular weight excluding hydrogens is 218 g/mol. The molecule has 3 rings (SSSR count). The first-order valence-corrected chi connectivity index (χ1v) is 5.81.